The van der Waals surface area contributed by atoms with Crippen LogP contribution in [0.1, 0.15) is 427 Å². The molecular weight excluding hydrogens is 1310 g/mol. The summed E-state index contributed by atoms with van der Waals surface area (Å²) in [4.78, 5) is 73.0. The largest absolute Gasteiger partial charge is 0.472 e. The molecule has 3 N–H and O–H groups in total. The standard InChI is InChI=1S/C81H158O17P2/c1-7-10-12-14-16-18-20-21-22-23-27-30-33-40-46-52-58-64-79(84)92-70-77(97-80(85)65-59-53-47-41-34-31-28-25-24-26-29-32-37-43-49-55-61-73(4)5)72-96-100(89,90)94-68-75(82)67-93-99(87,88)95-71-76(69-91-78(83)63-57-51-45-39-19-17-15-13-11-8-2)98-81(86)66-60-54-48-42-36-35-38-44-50-56-62-74(6)9-3/h73-77,82H,7-72H2,1-6H3,(H,87,88)(H,89,90)/t74?,75-,76+,77+/m0/s1. The first-order valence-electron chi connectivity index (χ1n) is 42.0. The third-order valence-electron chi connectivity index (χ3n) is 19.3. The van der Waals surface area contributed by atoms with Gasteiger partial charge in [0.15, 0.2) is 12.2 Å². The smallest absolute Gasteiger partial charge is 0.462 e. The van der Waals surface area contributed by atoms with Crippen LogP contribution in [0.5, 0.6) is 0 Å². The molecule has 0 radical (unpaired) electrons. The maximum Gasteiger partial charge on any atom is 0.472 e. The normalized spacial score (nSPS) is 14.2. The number of aliphatic hydroxyl groups is 1. The molecule has 19 heteroatoms. The predicted molar refractivity (Wildman–Crippen MR) is 409 cm³/mol. The highest BCUT2D eigenvalue weighted by atomic mass is 31.2. The number of carbonyl (C=O) groups excluding carboxylic acids is 4. The van der Waals surface area contributed by atoms with E-state index in [4.69, 9.17) is 37.0 Å². The summed E-state index contributed by atoms with van der Waals surface area (Å²) in [6.07, 6.45) is 62.3. The van der Waals surface area contributed by atoms with Crippen molar-refractivity contribution in [1.82, 2.24) is 0 Å². The monoisotopic (exact) mass is 1470 g/mol. The molecule has 0 heterocycles. The van der Waals surface area contributed by atoms with Crippen LogP contribution in [0.15, 0.2) is 0 Å². The molecule has 0 aromatic rings. The van der Waals surface area contributed by atoms with Crippen molar-refractivity contribution in [3.63, 3.8) is 0 Å². The van der Waals surface area contributed by atoms with E-state index >= 15 is 0 Å². The lowest BCUT2D eigenvalue weighted by Crippen LogP contribution is -2.30. The average Bonchev–Trinajstić information content (AvgIpc) is 0.919. The molecule has 0 saturated heterocycles. The predicted octanol–water partition coefficient (Wildman–Crippen LogP) is 24.3. The summed E-state index contributed by atoms with van der Waals surface area (Å²) in [5.41, 5.74) is 0. The number of rotatable bonds is 80. The van der Waals surface area contributed by atoms with E-state index in [1.165, 1.54) is 244 Å². The Morgan fingerprint density at radius 2 is 0.510 bits per heavy atom. The minimum atomic E-state index is -4.96. The molecule has 0 saturated carbocycles. The molecule has 0 amide bonds. The number of aliphatic hydroxyl groups excluding tert-OH is 1. The Hall–Kier alpha value is -1.94. The molecule has 0 aliphatic rings. The van der Waals surface area contributed by atoms with Crippen LogP contribution in [-0.4, -0.2) is 96.7 Å². The van der Waals surface area contributed by atoms with Gasteiger partial charge >= 0.3 is 39.5 Å². The SMILES string of the molecule is CCCCCCCCCCCCCCCCCCCC(=O)OC[C@H](COP(=O)(O)OC[C@@H](O)COP(=O)(O)OC[C@@H](COC(=O)CCCCCCCCCCCC)OC(=O)CCCCCCCCCCCCC(C)CC)OC(=O)CCCCCCCCCCCCCCCCCCC(C)C. The van der Waals surface area contributed by atoms with Crippen molar-refractivity contribution in [2.75, 3.05) is 39.6 Å². The van der Waals surface area contributed by atoms with Crippen LogP contribution in [0.4, 0.5) is 0 Å². The van der Waals surface area contributed by atoms with Crippen LogP contribution in [0.25, 0.3) is 0 Å². The quantitative estimate of drug-likeness (QED) is 0.0222. The molecule has 3 unspecified atom stereocenters. The Kier molecular flexibility index (Phi) is 71.2. The highest BCUT2D eigenvalue weighted by Crippen LogP contribution is 2.45. The molecule has 0 fully saturated rings. The topological polar surface area (TPSA) is 237 Å². The van der Waals surface area contributed by atoms with E-state index in [9.17, 15) is 43.2 Å². The Labute approximate surface area is 613 Å². The zero-order valence-electron chi connectivity index (χ0n) is 65.5. The van der Waals surface area contributed by atoms with E-state index in [1.807, 2.05) is 0 Å². The molecule has 0 aliphatic carbocycles. The maximum atomic E-state index is 13.1. The van der Waals surface area contributed by atoms with Gasteiger partial charge in [0.25, 0.3) is 0 Å². The summed E-state index contributed by atoms with van der Waals surface area (Å²) >= 11 is 0. The number of hydrogen-bond donors (Lipinski definition) is 3. The number of carbonyl (C=O) groups is 4. The van der Waals surface area contributed by atoms with Crippen LogP contribution in [0.3, 0.4) is 0 Å². The highest BCUT2D eigenvalue weighted by molar-refractivity contribution is 7.47. The highest BCUT2D eigenvalue weighted by Gasteiger charge is 2.30. The first kappa shape index (κ1) is 98.1. The van der Waals surface area contributed by atoms with Gasteiger partial charge in [-0.15, -0.1) is 0 Å². The van der Waals surface area contributed by atoms with Crippen molar-refractivity contribution in [2.24, 2.45) is 11.8 Å². The Morgan fingerprint density at radius 3 is 0.760 bits per heavy atom. The Morgan fingerprint density at radius 1 is 0.290 bits per heavy atom. The first-order valence-corrected chi connectivity index (χ1v) is 45.0. The zero-order valence-corrected chi connectivity index (χ0v) is 67.3. The molecule has 0 aromatic heterocycles. The number of phosphoric acid groups is 2. The zero-order chi connectivity index (χ0) is 73.5. The van der Waals surface area contributed by atoms with E-state index in [0.717, 1.165) is 102 Å². The van der Waals surface area contributed by atoms with E-state index in [1.54, 1.807) is 0 Å². The van der Waals surface area contributed by atoms with Crippen molar-refractivity contribution >= 4 is 39.5 Å². The van der Waals surface area contributed by atoms with Crippen LogP contribution >= 0.6 is 15.6 Å². The molecule has 0 aromatic carbocycles. The molecular formula is C81H158O17P2. The van der Waals surface area contributed by atoms with Gasteiger partial charge in [-0.05, 0) is 37.5 Å². The second-order valence-corrected chi connectivity index (χ2v) is 32.8. The first-order chi connectivity index (χ1) is 48.4. The fourth-order valence-electron chi connectivity index (χ4n) is 12.5. The molecule has 0 bridgehead atoms. The fourth-order valence-corrected chi connectivity index (χ4v) is 14.1. The van der Waals surface area contributed by atoms with Crippen molar-refractivity contribution in [1.29, 1.82) is 0 Å². The van der Waals surface area contributed by atoms with E-state index < -0.39 is 97.5 Å². The van der Waals surface area contributed by atoms with Crippen LogP contribution in [0.2, 0.25) is 0 Å². The lowest BCUT2D eigenvalue weighted by Gasteiger charge is -2.21. The van der Waals surface area contributed by atoms with Crippen LogP contribution < -0.4 is 0 Å². The molecule has 100 heavy (non-hydrogen) atoms. The van der Waals surface area contributed by atoms with Crippen molar-refractivity contribution in [3.05, 3.63) is 0 Å². The third kappa shape index (κ3) is 73.0. The van der Waals surface area contributed by atoms with Gasteiger partial charge in [-0.2, -0.15) is 0 Å². The fraction of sp³-hybridized carbons (Fsp3) is 0.951. The van der Waals surface area contributed by atoms with Gasteiger partial charge in [0.2, 0.25) is 0 Å². The lowest BCUT2D eigenvalue weighted by molar-refractivity contribution is -0.161. The number of ether oxygens (including phenoxy) is 4. The average molecular weight is 1470 g/mol. The van der Waals surface area contributed by atoms with E-state index in [-0.39, 0.29) is 25.7 Å². The molecule has 6 atom stereocenters. The molecule has 0 rings (SSSR count). The van der Waals surface area contributed by atoms with Crippen molar-refractivity contribution < 1.29 is 80.2 Å². The lowest BCUT2D eigenvalue weighted by atomic mass is 9.99. The summed E-state index contributed by atoms with van der Waals surface area (Å²) in [6, 6.07) is 0. The van der Waals surface area contributed by atoms with Gasteiger partial charge in [0.1, 0.15) is 19.3 Å². The van der Waals surface area contributed by atoms with E-state index in [0.29, 0.717) is 25.7 Å². The minimum absolute atomic E-state index is 0.107. The maximum absolute atomic E-state index is 13.1. The number of unbranched alkanes of at least 4 members (excludes halogenated alkanes) is 49. The second-order valence-electron chi connectivity index (χ2n) is 29.9. The third-order valence-corrected chi connectivity index (χ3v) is 21.2. The minimum Gasteiger partial charge on any atom is -0.462 e. The van der Waals surface area contributed by atoms with Gasteiger partial charge in [0, 0.05) is 25.7 Å². The Balaban J connectivity index is 5.24. The number of esters is 4. The summed E-state index contributed by atoms with van der Waals surface area (Å²) in [7, 11) is -9.92. The van der Waals surface area contributed by atoms with Crippen LogP contribution in [-0.2, 0) is 65.4 Å². The van der Waals surface area contributed by atoms with Crippen molar-refractivity contribution in [3.8, 4) is 0 Å². The van der Waals surface area contributed by atoms with Crippen molar-refractivity contribution in [2.45, 2.75) is 445 Å². The summed E-state index contributed by atoms with van der Waals surface area (Å²) in [5.74, 6) is -0.495. The molecule has 0 spiro atoms. The van der Waals surface area contributed by atoms with E-state index in [2.05, 4.69) is 41.5 Å². The molecule has 0 aliphatic heterocycles. The number of hydrogen-bond acceptors (Lipinski definition) is 15. The summed E-state index contributed by atoms with van der Waals surface area (Å²) < 4.78 is 68.7. The summed E-state index contributed by atoms with van der Waals surface area (Å²) in [6.45, 7) is 9.68. The van der Waals surface area contributed by atoms with Gasteiger partial charge in [-0.25, -0.2) is 9.13 Å². The second kappa shape index (κ2) is 72.6. The van der Waals surface area contributed by atoms with Gasteiger partial charge < -0.3 is 33.8 Å². The summed E-state index contributed by atoms with van der Waals surface area (Å²) in [5, 5.41) is 10.6. The molecule has 594 valence electrons. The van der Waals surface area contributed by atoms with Gasteiger partial charge in [0.05, 0.1) is 26.4 Å². The number of phosphoric ester groups is 2. The van der Waals surface area contributed by atoms with Gasteiger partial charge in [-0.1, -0.05) is 375 Å². The molecule has 17 nitrogen and oxygen atoms in total. The van der Waals surface area contributed by atoms with Gasteiger partial charge in [-0.3, -0.25) is 37.3 Å². The Bertz CT molecular complexity index is 1930. The van der Waals surface area contributed by atoms with Crippen LogP contribution in [0, 0.1) is 11.8 Å².